The maximum Gasteiger partial charge on any atom is 0.252 e. The van der Waals surface area contributed by atoms with Gasteiger partial charge in [0, 0.05) is 10.4 Å². The zero-order valence-electron chi connectivity index (χ0n) is 11.8. The van der Waals surface area contributed by atoms with Crippen molar-refractivity contribution in [1.29, 1.82) is 5.26 Å². The van der Waals surface area contributed by atoms with Crippen molar-refractivity contribution in [3.8, 4) is 17.5 Å². The third-order valence-electron chi connectivity index (χ3n) is 3.00. The third kappa shape index (κ3) is 2.90. The summed E-state index contributed by atoms with van der Waals surface area (Å²) in [6.45, 7) is 2.01. The Morgan fingerprint density at radius 1 is 1.32 bits per heavy atom. The van der Waals surface area contributed by atoms with Gasteiger partial charge in [0.2, 0.25) is 11.6 Å². The summed E-state index contributed by atoms with van der Waals surface area (Å²) in [6.07, 6.45) is 1.70. The number of nitrogens with zero attached hydrogens (tertiary/aromatic N) is 3. The lowest BCUT2D eigenvalue weighted by Crippen LogP contribution is -1.91. The van der Waals surface area contributed by atoms with Crippen molar-refractivity contribution in [2.24, 2.45) is 5.10 Å². The highest BCUT2D eigenvalue weighted by Gasteiger charge is 2.13. The minimum absolute atomic E-state index is 0.180. The van der Waals surface area contributed by atoms with Crippen molar-refractivity contribution in [2.45, 2.75) is 6.92 Å². The molecule has 108 valence electrons. The molecule has 0 aliphatic heterocycles. The van der Waals surface area contributed by atoms with Gasteiger partial charge in [-0.3, -0.25) is 0 Å². The smallest absolute Gasteiger partial charge is 0.252 e. The molecule has 0 aliphatic carbocycles. The van der Waals surface area contributed by atoms with Gasteiger partial charge in [-0.15, -0.1) is 11.3 Å². The van der Waals surface area contributed by atoms with E-state index in [0.717, 1.165) is 16.0 Å². The first-order valence-corrected chi connectivity index (χ1v) is 7.45. The molecule has 0 fully saturated rings. The van der Waals surface area contributed by atoms with Gasteiger partial charge in [0.1, 0.15) is 6.07 Å². The lowest BCUT2D eigenvalue weighted by atomic mass is 10.2. The third-order valence-corrected chi connectivity index (χ3v) is 3.96. The Morgan fingerprint density at radius 3 is 2.82 bits per heavy atom. The van der Waals surface area contributed by atoms with Gasteiger partial charge in [-0.25, -0.2) is 5.43 Å². The van der Waals surface area contributed by atoms with Crippen LogP contribution in [-0.4, -0.2) is 11.2 Å². The van der Waals surface area contributed by atoms with Crippen molar-refractivity contribution in [1.82, 2.24) is 4.98 Å². The molecule has 2 aromatic heterocycles. The van der Waals surface area contributed by atoms with E-state index in [1.807, 2.05) is 54.8 Å². The van der Waals surface area contributed by atoms with Crippen molar-refractivity contribution in [3.63, 3.8) is 0 Å². The van der Waals surface area contributed by atoms with Crippen LogP contribution in [0.4, 0.5) is 5.88 Å². The molecular formula is C16H12N4OS. The number of rotatable bonds is 4. The molecule has 0 radical (unpaired) electrons. The van der Waals surface area contributed by atoms with Crippen LogP contribution in [0.3, 0.4) is 0 Å². The second-order valence-corrected chi connectivity index (χ2v) is 5.46. The molecule has 0 spiro atoms. The van der Waals surface area contributed by atoms with Crippen LogP contribution >= 0.6 is 11.3 Å². The van der Waals surface area contributed by atoms with E-state index < -0.39 is 0 Å². The van der Waals surface area contributed by atoms with Gasteiger partial charge in [-0.1, -0.05) is 18.2 Å². The topological polar surface area (TPSA) is 74.2 Å². The zero-order valence-corrected chi connectivity index (χ0v) is 12.6. The van der Waals surface area contributed by atoms with Crippen LogP contribution < -0.4 is 5.43 Å². The van der Waals surface area contributed by atoms with E-state index in [9.17, 15) is 0 Å². The van der Waals surface area contributed by atoms with Crippen LogP contribution in [0.5, 0.6) is 0 Å². The van der Waals surface area contributed by atoms with Crippen LogP contribution in [0.15, 0.2) is 51.3 Å². The number of nitrogens with one attached hydrogen (secondary N) is 1. The van der Waals surface area contributed by atoms with Gasteiger partial charge in [-0.2, -0.15) is 15.3 Å². The number of hydrazone groups is 1. The average molecular weight is 308 g/mol. The summed E-state index contributed by atoms with van der Waals surface area (Å²) in [4.78, 5) is 5.22. The molecular weight excluding hydrogens is 296 g/mol. The molecule has 0 amide bonds. The molecule has 5 nitrogen and oxygen atoms in total. The SMILES string of the molecule is Cc1ccsc1/C=N/Nc1oc(-c2ccccc2)nc1C#N. The number of thiophene rings is 1. The fraction of sp³-hybridized carbons (Fsp3) is 0.0625. The van der Waals surface area contributed by atoms with Crippen molar-refractivity contribution in [2.75, 3.05) is 5.43 Å². The molecule has 0 aliphatic rings. The maximum absolute atomic E-state index is 9.14. The van der Waals surface area contributed by atoms with Crippen molar-refractivity contribution < 1.29 is 4.42 Å². The summed E-state index contributed by atoms with van der Waals surface area (Å²) in [5, 5.41) is 15.3. The summed E-state index contributed by atoms with van der Waals surface area (Å²) in [6, 6.07) is 13.4. The van der Waals surface area contributed by atoms with E-state index in [2.05, 4.69) is 15.5 Å². The predicted molar refractivity (Wildman–Crippen MR) is 86.9 cm³/mol. The van der Waals surface area contributed by atoms with Gasteiger partial charge >= 0.3 is 0 Å². The first-order valence-electron chi connectivity index (χ1n) is 6.57. The summed E-state index contributed by atoms with van der Waals surface area (Å²) in [5.41, 5.74) is 4.89. The van der Waals surface area contributed by atoms with E-state index >= 15 is 0 Å². The highest BCUT2D eigenvalue weighted by atomic mass is 32.1. The number of hydrogen-bond acceptors (Lipinski definition) is 6. The second-order valence-electron chi connectivity index (χ2n) is 4.51. The maximum atomic E-state index is 9.14. The Balaban J connectivity index is 1.82. The molecule has 0 unspecified atom stereocenters. The molecule has 1 N–H and O–H groups in total. The van der Waals surface area contributed by atoms with Gasteiger partial charge in [-0.05, 0) is 36.1 Å². The zero-order chi connectivity index (χ0) is 15.4. The summed E-state index contributed by atoms with van der Waals surface area (Å²) >= 11 is 1.60. The molecule has 3 rings (SSSR count). The van der Waals surface area contributed by atoms with E-state index in [1.54, 1.807) is 17.6 Å². The largest absolute Gasteiger partial charge is 0.417 e. The van der Waals surface area contributed by atoms with Crippen molar-refractivity contribution in [3.05, 3.63) is 57.9 Å². The Labute approximate surface area is 131 Å². The monoisotopic (exact) mass is 308 g/mol. The Kier molecular flexibility index (Phi) is 3.99. The van der Waals surface area contributed by atoms with Gasteiger partial charge < -0.3 is 4.42 Å². The summed E-state index contributed by atoms with van der Waals surface area (Å²) in [5.74, 6) is 0.633. The summed E-state index contributed by atoms with van der Waals surface area (Å²) in [7, 11) is 0. The fourth-order valence-electron chi connectivity index (χ4n) is 1.84. The first-order chi connectivity index (χ1) is 10.8. The number of aromatic nitrogens is 1. The van der Waals surface area contributed by atoms with Gasteiger partial charge in [0.05, 0.1) is 6.21 Å². The number of benzene rings is 1. The Hall–Kier alpha value is -2.91. The number of anilines is 1. The highest BCUT2D eigenvalue weighted by Crippen LogP contribution is 2.25. The lowest BCUT2D eigenvalue weighted by Gasteiger charge is -1.95. The minimum Gasteiger partial charge on any atom is -0.417 e. The molecule has 6 heteroatoms. The van der Waals surface area contributed by atoms with Crippen LogP contribution in [0.1, 0.15) is 16.1 Å². The summed E-state index contributed by atoms with van der Waals surface area (Å²) < 4.78 is 5.59. The van der Waals surface area contributed by atoms with E-state index in [1.165, 1.54) is 0 Å². The fourth-order valence-corrected chi connectivity index (χ4v) is 2.63. The van der Waals surface area contributed by atoms with Crippen LogP contribution in [0, 0.1) is 18.3 Å². The quantitative estimate of drug-likeness (QED) is 0.583. The number of nitriles is 1. The Bertz CT molecular complexity index is 843. The number of aryl methyl sites for hydroxylation is 1. The standard InChI is InChI=1S/C16H12N4OS/c1-11-7-8-22-14(11)10-18-20-16-13(9-17)19-15(21-16)12-5-3-2-4-6-12/h2-8,10,20H,1H3/b18-10+. The molecule has 2 heterocycles. The minimum atomic E-state index is 0.180. The van der Waals surface area contributed by atoms with Crippen LogP contribution in [0.25, 0.3) is 11.5 Å². The lowest BCUT2D eigenvalue weighted by molar-refractivity contribution is 0.587. The highest BCUT2D eigenvalue weighted by molar-refractivity contribution is 7.11. The molecule has 0 atom stereocenters. The molecule has 1 aromatic carbocycles. The van der Waals surface area contributed by atoms with Gasteiger partial charge in [0.15, 0.2) is 0 Å². The number of oxazole rings is 1. The molecule has 0 bridgehead atoms. The number of hydrogen-bond donors (Lipinski definition) is 1. The van der Waals surface area contributed by atoms with Crippen molar-refractivity contribution >= 4 is 23.4 Å². The molecule has 3 aromatic rings. The molecule has 22 heavy (non-hydrogen) atoms. The van der Waals surface area contributed by atoms with E-state index in [0.29, 0.717) is 5.89 Å². The molecule has 0 saturated heterocycles. The molecule has 0 saturated carbocycles. The van der Waals surface area contributed by atoms with Crippen LogP contribution in [-0.2, 0) is 0 Å². The predicted octanol–water partition coefficient (Wildman–Crippen LogP) is 4.03. The van der Waals surface area contributed by atoms with E-state index in [-0.39, 0.29) is 11.6 Å². The Morgan fingerprint density at radius 2 is 2.14 bits per heavy atom. The first kappa shape index (κ1) is 14.0. The van der Waals surface area contributed by atoms with Gasteiger partial charge in [0.25, 0.3) is 5.88 Å². The second kappa shape index (κ2) is 6.24. The normalized spacial score (nSPS) is 10.7. The van der Waals surface area contributed by atoms with Crippen LogP contribution in [0.2, 0.25) is 0 Å². The average Bonchev–Trinajstić information content (AvgIpc) is 3.15. The van der Waals surface area contributed by atoms with E-state index in [4.69, 9.17) is 9.68 Å².